The predicted octanol–water partition coefficient (Wildman–Crippen LogP) is 3.49. The summed E-state index contributed by atoms with van der Waals surface area (Å²) in [6.45, 7) is 1.97. The molecule has 1 aromatic carbocycles. The van der Waals surface area contributed by atoms with Crippen LogP contribution in [-0.4, -0.2) is 27.6 Å². The fourth-order valence-electron chi connectivity index (χ4n) is 2.48. The highest BCUT2D eigenvalue weighted by atomic mass is 32.1. The third-order valence-electron chi connectivity index (χ3n) is 3.68. The van der Waals surface area contributed by atoms with Gasteiger partial charge in [-0.05, 0) is 19.1 Å². The number of aromatic nitrogens is 2. The van der Waals surface area contributed by atoms with Crippen molar-refractivity contribution >= 4 is 27.5 Å². The van der Waals surface area contributed by atoms with Crippen molar-refractivity contribution in [2.75, 3.05) is 7.05 Å². The monoisotopic (exact) mass is 335 g/mol. The zero-order chi connectivity index (χ0) is 16.7. The average Bonchev–Trinajstić information content (AvgIpc) is 3.03. The fourth-order valence-corrected chi connectivity index (χ4v) is 3.59. The van der Waals surface area contributed by atoms with Crippen LogP contribution in [-0.2, 0) is 13.6 Å². The van der Waals surface area contributed by atoms with E-state index in [4.69, 9.17) is 0 Å². The van der Waals surface area contributed by atoms with E-state index in [-0.39, 0.29) is 18.0 Å². The molecule has 7 heteroatoms. The van der Waals surface area contributed by atoms with Crippen LogP contribution in [0.5, 0.6) is 0 Å². The smallest absolute Gasteiger partial charge is 0.264 e. The van der Waals surface area contributed by atoms with Gasteiger partial charge in [0.25, 0.3) is 5.91 Å². The van der Waals surface area contributed by atoms with E-state index in [1.165, 1.54) is 28.4 Å². The standard InChI is InChI=1S/C16H15F2N3OS/c1-9-12-7-14(23-16(12)21(3)19-9)15(22)20(2)8-10-4-5-11(17)6-13(10)18/h4-7H,8H2,1-3H3. The topological polar surface area (TPSA) is 38.1 Å². The van der Waals surface area contributed by atoms with Crippen molar-refractivity contribution < 1.29 is 13.6 Å². The van der Waals surface area contributed by atoms with Crippen LogP contribution in [0, 0.1) is 18.6 Å². The lowest BCUT2D eigenvalue weighted by molar-refractivity contribution is 0.0788. The van der Waals surface area contributed by atoms with Gasteiger partial charge in [-0.1, -0.05) is 6.07 Å². The second-order valence-corrected chi connectivity index (χ2v) is 6.47. The third-order valence-corrected chi connectivity index (χ3v) is 4.87. The number of thiophene rings is 1. The Kier molecular flexibility index (Phi) is 3.89. The fraction of sp³-hybridized carbons (Fsp3) is 0.250. The lowest BCUT2D eigenvalue weighted by Crippen LogP contribution is -2.25. The summed E-state index contributed by atoms with van der Waals surface area (Å²) in [5.41, 5.74) is 1.14. The van der Waals surface area contributed by atoms with E-state index in [9.17, 15) is 13.6 Å². The molecule has 0 N–H and O–H groups in total. The summed E-state index contributed by atoms with van der Waals surface area (Å²) in [5.74, 6) is -1.48. The maximum Gasteiger partial charge on any atom is 0.264 e. The van der Waals surface area contributed by atoms with Gasteiger partial charge < -0.3 is 4.90 Å². The molecule has 0 atom stereocenters. The summed E-state index contributed by atoms with van der Waals surface area (Å²) >= 11 is 1.35. The van der Waals surface area contributed by atoms with Gasteiger partial charge in [0.05, 0.1) is 10.6 Å². The van der Waals surface area contributed by atoms with E-state index in [0.717, 1.165) is 22.0 Å². The van der Waals surface area contributed by atoms with Crippen LogP contribution in [0.3, 0.4) is 0 Å². The van der Waals surface area contributed by atoms with Crippen LogP contribution in [0.15, 0.2) is 24.3 Å². The number of benzene rings is 1. The van der Waals surface area contributed by atoms with E-state index in [1.54, 1.807) is 11.7 Å². The van der Waals surface area contributed by atoms with Crippen LogP contribution in [0.1, 0.15) is 20.9 Å². The Morgan fingerprint density at radius 3 is 2.74 bits per heavy atom. The van der Waals surface area contributed by atoms with Gasteiger partial charge in [-0.3, -0.25) is 9.48 Å². The van der Waals surface area contributed by atoms with E-state index < -0.39 is 11.6 Å². The lowest BCUT2D eigenvalue weighted by atomic mass is 10.2. The lowest BCUT2D eigenvalue weighted by Gasteiger charge is -2.16. The number of rotatable bonds is 3. The first-order valence-electron chi connectivity index (χ1n) is 6.99. The van der Waals surface area contributed by atoms with Gasteiger partial charge in [-0.15, -0.1) is 11.3 Å². The van der Waals surface area contributed by atoms with Gasteiger partial charge in [0, 0.05) is 37.7 Å². The number of carbonyl (C=O) groups is 1. The summed E-state index contributed by atoms with van der Waals surface area (Å²) in [7, 11) is 3.43. The summed E-state index contributed by atoms with van der Waals surface area (Å²) in [4.78, 5) is 15.4. The Bertz CT molecular complexity index is 866. The molecule has 2 aromatic heterocycles. The Morgan fingerprint density at radius 2 is 2.09 bits per heavy atom. The van der Waals surface area contributed by atoms with Crippen molar-refractivity contribution in [3.63, 3.8) is 0 Å². The van der Waals surface area contributed by atoms with Gasteiger partial charge in [0.15, 0.2) is 0 Å². The number of fused-ring (bicyclic) bond motifs is 1. The maximum absolute atomic E-state index is 13.7. The van der Waals surface area contributed by atoms with E-state index in [2.05, 4.69) is 5.10 Å². The largest absolute Gasteiger partial charge is 0.337 e. The molecule has 0 saturated carbocycles. The number of nitrogens with zero attached hydrogens (tertiary/aromatic N) is 3. The molecule has 1 amide bonds. The average molecular weight is 335 g/mol. The van der Waals surface area contributed by atoms with Gasteiger partial charge in [-0.25, -0.2) is 8.78 Å². The number of hydrogen-bond acceptors (Lipinski definition) is 3. The van der Waals surface area contributed by atoms with Crippen molar-refractivity contribution in [3.05, 3.63) is 52.0 Å². The molecular weight excluding hydrogens is 320 g/mol. The molecule has 3 rings (SSSR count). The molecule has 2 heterocycles. The Balaban J connectivity index is 1.84. The van der Waals surface area contributed by atoms with Crippen LogP contribution in [0.2, 0.25) is 0 Å². The SMILES string of the molecule is Cc1nn(C)c2sc(C(=O)N(C)Cc3ccc(F)cc3F)cc12. The second-order valence-electron chi connectivity index (χ2n) is 5.44. The Hall–Kier alpha value is -2.28. The molecule has 23 heavy (non-hydrogen) atoms. The quantitative estimate of drug-likeness (QED) is 0.735. The molecular formula is C16H15F2N3OS. The molecule has 0 aliphatic rings. The number of amides is 1. The zero-order valence-electron chi connectivity index (χ0n) is 12.9. The van der Waals surface area contributed by atoms with Crippen LogP contribution >= 0.6 is 11.3 Å². The molecule has 0 radical (unpaired) electrons. The molecule has 0 unspecified atom stereocenters. The summed E-state index contributed by atoms with van der Waals surface area (Å²) < 4.78 is 28.4. The molecule has 0 saturated heterocycles. The molecule has 0 bridgehead atoms. The summed E-state index contributed by atoms with van der Waals surface area (Å²) in [6.07, 6.45) is 0. The first-order chi connectivity index (χ1) is 10.9. The number of halogens is 2. The molecule has 120 valence electrons. The van der Waals surface area contributed by atoms with Gasteiger partial charge in [0.1, 0.15) is 16.5 Å². The van der Waals surface area contributed by atoms with E-state index in [1.807, 2.05) is 20.0 Å². The summed E-state index contributed by atoms with van der Waals surface area (Å²) in [6, 6.07) is 5.17. The number of aryl methyl sites for hydroxylation is 2. The normalized spacial score (nSPS) is 11.2. The van der Waals surface area contributed by atoms with Crippen molar-refractivity contribution in [2.24, 2.45) is 7.05 Å². The minimum Gasteiger partial charge on any atom is -0.337 e. The first kappa shape index (κ1) is 15.6. The molecule has 0 aliphatic carbocycles. The molecule has 4 nitrogen and oxygen atoms in total. The predicted molar refractivity (Wildman–Crippen MR) is 85.5 cm³/mol. The molecule has 0 spiro atoms. The third kappa shape index (κ3) is 2.84. The highest BCUT2D eigenvalue weighted by Crippen LogP contribution is 2.28. The highest BCUT2D eigenvalue weighted by Gasteiger charge is 2.19. The van der Waals surface area contributed by atoms with Crippen molar-refractivity contribution in [1.82, 2.24) is 14.7 Å². The van der Waals surface area contributed by atoms with Crippen molar-refractivity contribution in [3.8, 4) is 0 Å². The molecule has 0 aliphatic heterocycles. The van der Waals surface area contributed by atoms with Crippen LogP contribution in [0.4, 0.5) is 8.78 Å². The molecule has 0 fully saturated rings. The minimum atomic E-state index is -0.652. The van der Waals surface area contributed by atoms with Crippen LogP contribution < -0.4 is 0 Å². The molecule has 3 aromatic rings. The zero-order valence-corrected chi connectivity index (χ0v) is 13.7. The van der Waals surface area contributed by atoms with Crippen molar-refractivity contribution in [1.29, 1.82) is 0 Å². The second kappa shape index (κ2) is 5.73. The van der Waals surface area contributed by atoms with Gasteiger partial charge in [0.2, 0.25) is 0 Å². The highest BCUT2D eigenvalue weighted by molar-refractivity contribution is 7.20. The number of carbonyl (C=O) groups excluding carboxylic acids is 1. The first-order valence-corrected chi connectivity index (χ1v) is 7.81. The maximum atomic E-state index is 13.7. The van der Waals surface area contributed by atoms with Gasteiger partial charge >= 0.3 is 0 Å². The Labute approximate surface area is 135 Å². The van der Waals surface area contributed by atoms with E-state index >= 15 is 0 Å². The van der Waals surface area contributed by atoms with Crippen LogP contribution in [0.25, 0.3) is 10.2 Å². The minimum absolute atomic E-state index is 0.0798. The Morgan fingerprint density at radius 1 is 1.35 bits per heavy atom. The summed E-state index contributed by atoms with van der Waals surface area (Å²) in [5, 5.41) is 5.25. The van der Waals surface area contributed by atoms with Crippen molar-refractivity contribution in [2.45, 2.75) is 13.5 Å². The van der Waals surface area contributed by atoms with E-state index in [0.29, 0.717) is 4.88 Å². The van der Waals surface area contributed by atoms with Gasteiger partial charge in [-0.2, -0.15) is 5.10 Å². The number of hydrogen-bond donors (Lipinski definition) is 0.